The molecule has 0 rings (SSSR count). The number of nitrogens with two attached hydrogens (primary N) is 4. The number of guanidine groups is 1. The van der Waals surface area contributed by atoms with Crippen LogP contribution in [0.5, 0.6) is 0 Å². The lowest BCUT2D eigenvalue weighted by atomic mass is 10.1. The SMILES string of the molecule is CSCCC(NC(=O)C(C)N)C(=O)NC(CCCN=C(N)N)C(=O)NC(CC(N)=O)C(=O)O. The lowest BCUT2D eigenvalue weighted by Gasteiger charge is -2.24. The number of hydrogen-bond acceptors (Lipinski definition) is 8. The summed E-state index contributed by atoms with van der Waals surface area (Å²) in [5.74, 6) is -4.04. The molecule has 15 heteroatoms. The number of carboxylic acids is 1. The standard InChI is InChI=1S/C18H34N8O6S/c1-9(19)14(28)24-11(5-7-33-2)16(30)25-10(4-3-6-23-18(21)22)15(29)26-12(17(31)32)8-13(20)27/h9-12H,3-8,19H2,1-2H3,(H2,20,27)(H,24,28)(H,25,30)(H,26,29)(H,31,32)(H4,21,22,23). The molecule has 0 heterocycles. The molecular formula is C18H34N8O6S. The van der Waals surface area contributed by atoms with Crippen LogP contribution in [0.25, 0.3) is 0 Å². The Morgan fingerprint density at radius 1 is 0.909 bits per heavy atom. The number of carbonyl (C=O) groups is 5. The second-order valence-electron chi connectivity index (χ2n) is 7.21. The number of carbonyl (C=O) groups excluding carboxylic acids is 4. The van der Waals surface area contributed by atoms with E-state index in [1.807, 2.05) is 6.26 Å². The van der Waals surface area contributed by atoms with E-state index in [-0.39, 0.29) is 31.8 Å². The molecule has 0 bridgehead atoms. The zero-order valence-corrected chi connectivity index (χ0v) is 19.5. The van der Waals surface area contributed by atoms with Crippen LogP contribution < -0.4 is 38.9 Å². The predicted molar refractivity (Wildman–Crippen MR) is 124 cm³/mol. The number of amides is 4. The molecule has 0 saturated carbocycles. The van der Waals surface area contributed by atoms with E-state index in [2.05, 4.69) is 20.9 Å². The molecule has 0 aromatic rings. The number of aliphatic carboxylic acids is 1. The second kappa shape index (κ2) is 15.7. The van der Waals surface area contributed by atoms with Gasteiger partial charge in [-0.2, -0.15) is 11.8 Å². The number of primary amides is 1. The number of carboxylic acid groups (broad SMARTS) is 1. The smallest absolute Gasteiger partial charge is 0.326 e. The quantitative estimate of drug-likeness (QED) is 0.0602. The van der Waals surface area contributed by atoms with Crippen LogP contribution in [0.2, 0.25) is 0 Å². The van der Waals surface area contributed by atoms with Crippen molar-refractivity contribution in [2.24, 2.45) is 27.9 Å². The van der Waals surface area contributed by atoms with Gasteiger partial charge in [-0.05, 0) is 38.2 Å². The van der Waals surface area contributed by atoms with Gasteiger partial charge >= 0.3 is 5.97 Å². The van der Waals surface area contributed by atoms with Crippen molar-refractivity contribution < 1.29 is 29.1 Å². The summed E-state index contributed by atoms with van der Waals surface area (Å²) in [5.41, 5.74) is 21.1. The molecule has 33 heavy (non-hydrogen) atoms. The molecule has 4 atom stereocenters. The summed E-state index contributed by atoms with van der Waals surface area (Å²) in [4.78, 5) is 63.8. The van der Waals surface area contributed by atoms with Crippen LogP contribution in [0, 0.1) is 0 Å². The first-order chi connectivity index (χ1) is 15.4. The molecule has 0 aliphatic heterocycles. The molecule has 0 aromatic carbocycles. The number of rotatable bonds is 16. The number of thioether (sulfide) groups is 1. The minimum Gasteiger partial charge on any atom is -0.480 e. The molecule has 0 aliphatic rings. The fraction of sp³-hybridized carbons (Fsp3) is 0.667. The molecular weight excluding hydrogens is 456 g/mol. The van der Waals surface area contributed by atoms with Crippen molar-refractivity contribution in [1.82, 2.24) is 16.0 Å². The number of nitrogens with zero attached hydrogens (tertiary/aromatic N) is 1. The van der Waals surface area contributed by atoms with Gasteiger partial charge < -0.3 is 44.0 Å². The summed E-state index contributed by atoms with van der Waals surface area (Å²) in [6.07, 6.45) is 1.79. The Morgan fingerprint density at radius 2 is 1.42 bits per heavy atom. The number of nitrogens with one attached hydrogen (secondary N) is 3. The monoisotopic (exact) mass is 490 g/mol. The normalized spacial score (nSPS) is 14.2. The van der Waals surface area contributed by atoms with Crippen LogP contribution in [-0.2, 0) is 24.0 Å². The molecule has 0 spiro atoms. The van der Waals surface area contributed by atoms with Gasteiger partial charge in [0.2, 0.25) is 23.6 Å². The zero-order chi connectivity index (χ0) is 25.6. The minimum atomic E-state index is -1.57. The molecule has 14 nitrogen and oxygen atoms in total. The molecule has 0 radical (unpaired) electrons. The average molecular weight is 491 g/mol. The fourth-order valence-electron chi connectivity index (χ4n) is 2.53. The highest BCUT2D eigenvalue weighted by molar-refractivity contribution is 7.98. The Bertz CT molecular complexity index is 729. The number of aliphatic imine (C=N–C) groups is 1. The van der Waals surface area contributed by atoms with Crippen molar-refractivity contribution in [2.75, 3.05) is 18.6 Å². The summed E-state index contributed by atoms with van der Waals surface area (Å²) in [5, 5.41) is 16.5. The van der Waals surface area contributed by atoms with E-state index < -0.39 is 60.2 Å². The predicted octanol–water partition coefficient (Wildman–Crippen LogP) is -3.45. The first kappa shape index (κ1) is 29.9. The van der Waals surface area contributed by atoms with Crippen LogP contribution in [-0.4, -0.2) is 83.4 Å². The van der Waals surface area contributed by atoms with E-state index in [9.17, 15) is 29.1 Å². The zero-order valence-electron chi connectivity index (χ0n) is 18.7. The lowest BCUT2D eigenvalue weighted by Crippen LogP contribution is -2.57. The summed E-state index contributed by atoms with van der Waals surface area (Å²) >= 11 is 1.46. The van der Waals surface area contributed by atoms with Crippen LogP contribution in [0.15, 0.2) is 4.99 Å². The van der Waals surface area contributed by atoms with Crippen LogP contribution in [0.1, 0.15) is 32.6 Å². The molecule has 188 valence electrons. The highest BCUT2D eigenvalue weighted by Gasteiger charge is 2.30. The highest BCUT2D eigenvalue weighted by atomic mass is 32.2. The third kappa shape index (κ3) is 13.2. The first-order valence-corrected chi connectivity index (χ1v) is 11.5. The molecule has 4 unspecified atom stereocenters. The maximum atomic E-state index is 12.8. The van der Waals surface area contributed by atoms with Crippen LogP contribution in [0.3, 0.4) is 0 Å². The first-order valence-electron chi connectivity index (χ1n) is 10.1. The van der Waals surface area contributed by atoms with Gasteiger partial charge in [-0.15, -0.1) is 0 Å². The molecule has 0 aromatic heterocycles. The Labute approximate surface area is 196 Å². The van der Waals surface area contributed by atoms with E-state index in [1.54, 1.807) is 0 Å². The fourth-order valence-corrected chi connectivity index (χ4v) is 3.00. The third-order valence-electron chi connectivity index (χ3n) is 4.26. The molecule has 0 aliphatic carbocycles. The molecule has 12 N–H and O–H groups in total. The van der Waals surface area contributed by atoms with Gasteiger partial charge in [0.05, 0.1) is 12.5 Å². The summed E-state index contributed by atoms with van der Waals surface area (Å²) in [7, 11) is 0. The lowest BCUT2D eigenvalue weighted by molar-refractivity contribution is -0.143. The number of hydrogen-bond donors (Lipinski definition) is 8. The Hall–Kier alpha value is -3.07. The minimum absolute atomic E-state index is 0.0494. The summed E-state index contributed by atoms with van der Waals surface area (Å²) < 4.78 is 0. The van der Waals surface area contributed by atoms with E-state index >= 15 is 0 Å². The van der Waals surface area contributed by atoms with Crippen molar-refractivity contribution in [3.63, 3.8) is 0 Å². The van der Waals surface area contributed by atoms with Crippen molar-refractivity contribution in [2.45, 2.75) is 56.8 Å². The summed E-state index contributed by atoms with van der Waals surface area (Å²) in [6.45, 7) is 1.62. The second-order valence-corrected chi connectivity index (χ2v) is 8.20. The van der Waals surface area contributed by atoms with Crippen molar-refractivity contribution in [1.29, 1.82) is 0 Å². The molecule has 0 saturated heterocycles. The van der Waals surface area contributed by atoms with E-state index in [0.29, 0.717) is 5.75 Å². The van der Waals surface area contributed by atoms with Gasteiger partial charge in [-0.25, -0.2) is 4.79 Å². The van der Waals surface area contributed by atoms with E-state index in [4.69, 9.17) is 22.9 Å². The van der Waals surface area contributed by atoms with Crippen molar-refractivity contribution in [3.8, 4) is 0 Å². The van der Waals surface area contributed by atoms with Crippen LogP contribution in [0.4, 0.5) is 0 Å². The summed E-state index contributed by atoms with van der Waals surface area (Å²) in [6, 6.07) is -4.58. The van der Waals surface area contributed by atoms with Gasteiger partial charge in [-0.3, -0.25) is 24.2 Å². The van der Waals surface area contributed by atoms with Crippen molar-refractivity contribution >= 4 is 47.3 Å². The van der Waals surface area contributed by atoms with Gasteiger partial charge in [0.25, 0.3) is 0 Å². The maximum absolute atomic E-state index is 12.8. The largest absolute Gasteiger partial charge is 0.480 e. The Kier molecular flexibility index (Phi) is 14.2. The maximum Gasteiger partial charge on any atom is 0.326 e. The average Bonchev–Trinajstić information content (AvgIpc) is 2.71. The Morgan fingerprint density at radius 3 is 1.88 bits per heavy atom. The molecule has 0 fully saturated rings. The third-order valence-corrected chi connectivity index (χ3v) is 4.90. The van der Waals surface area contributed by atoms with E-state index in [1.165, 1.54) is 18.7 Å². The topological polar surface area (TPSA) is 258 Å². The highest BCUT2D eigenvalue weighted by Crippen LogP contribution is 2.06. The Balaban J connectivity index is 5.52. The van der Waals surface area contributed by atoms with Gasteiger partial charge in [0.1, 0.15) is 18.1 Å². The van der Waals surface area contributed by atoms with Gasteiger partial charge in [0.15, 0.2) is 5.96 Å². The van der Waals surface area contributed by atoms with E-state index in [0.717, 1.165) is 0 Å². The van der Waals surface area contributed by atoms with Gasteiger partial charge in [-0.1, -0.05) is 0 Å². The molecule has 4 amide bonds. The van der Waals surface area contributed by atoms with Crippen LogP contribution >= 0.6 is 11.8 Å². The van der Waals surface area contributed by atoms with Crippen molar-refractivity contribution in [3.05, 3.63) is 0 Å². The van der Waals surface area contributed by atoms with Gasteiger partial charge in [0, 0.05) is 6.54 Å².